The smallest absolute Gasteiger partial charge is 0.417 e. The molecule has 0 atom stereocenters. The van der Waals surface area contributed by atoms with Crippen molar-refractivity contribution >= 4 is 17.8 Å². The monoisotopic (exact) mass is 688 g/mol. The molecule has 0 saturated heterocycles. The van der Waals surface area contributed by atoms with Crippen molar-refractivity contribution in [2.45, 2.75) is 26.2 Å². The van der Waals surface area contributed by atoms with E-state index in [-0.39, 0.29) is 39.7 Å². The Morgan fingerprint density at radius 1 is 0.673 bits per heavy atom. The van der Waals surface area contributed by atoms with Gasteiger partial charge in [0, 0.05) is 18.7 Å². The highest BCUT2D eigenvalue weighted by Gasteiger charge is 2.37. The molecule has 3 aromatic heterocycles. The average molecular weight is 689 g/mol. The molecular formula is C30H22F6N8O5. The highest BCUT2D eigenvalue weighted by atomic mass is 19.4. The van der Waals surface area contributed by atoms with E-state index >= 15 is 0 Å². The Kier molecular flexibility index (Phi) is 8.94. The predicted molar refractivity (Wildman–Crippen MR) is 156 cm³/mol. The number of alkyl halides is 6. The first kappa shape index (κ1) is 34.2. The molecule has 5 aromatic rings. The third-order valence-electron chi connectivity index (χ3n) is 7.24. The molecule has 0 unspecified atom stereocenters. The second-order valence-corrected chi connectivity index (χ2v) is 10.3. The molecule has 0 aliphatic heterocycles. The zero-order valence-corrected chi connectivity index (χ0v) is 25.2. The lowest BCUT2D eigenvalue weighted by Gasteiger charge is -2.19. The quantitative estimate of drug-likeness (QED) is 0.189. The number of carboxylic acids is 2. The molecule has 2 N–H and O–H groups in total. The third-order valence-corrected chi connectivity index (χ3v) is 7.24. The number of carbonyl (C=O) groups is 3. The van der Waals surface area contributed by atoms with E-state index in [1.807, 2.05) is 0 Å². The maximum absolute atomic E-state index is 13.6. The van der Waals surface area contributed by atoms with Crippen molar-refractivity contribution < 1.29 is 50.9 Å². The van der Waals surface area contributed by atoms with Crippen LogP contribution in [0.25, 0.3) is 34.2 Å². The van der Waals surface area contributed by atoms with Crippen LogP contribution in [0.3, 0.4) is 0 Å². The molecule has 0 aliphatic rings. The maximum atomic E-state index is 13.6. The minimum atomic E-state index is -4.99. The summed E-state index contributed by atoms with van der Waals surface area (Å²) in [5.41, 5.74) is -5.04. The average Bonchev–Trinajstić information content (AvgIpc) is 3.75. The largest absolute Gasteiger partial charge is 0.478 e. The zero-order valence-electron chi connectivity index (χ0n) is 25.2. The van der Waals surface area contributed by atoms with Gasteiger partial charge in [-0.1, -0.05) is 10.4 Å². The molecule has 0 saturated carbocycles. The minimum Gasteiger partial charge on any atom is -0.478 e. The summed E-state index contributed by atoms with van der Waals surface area (Å²) in [4.78, 5) is 42.0. The van der Waals surface area contributed by atoms with Crippen molar-refractivity contribution in [2.24, 2.45) is 0 Å². The van der Waals surface area contributed by atoms with Crippen LogP contribution in [0.15, 0.2) is 60.9 Å². The van der Waals surface area contributed by atoms with Crippen LogP contribution >= 0.6 is 0 Å². The van der Waals surface area contributed by atoms with Gasteiger partial charge in [0.05, 0.1) is 57.4 Å². The third kappa shape index (κ3) is 6.94. The van der Waals surface area contributed by atoms with E-state index in [4.69, 9.17) is 0 Å². The van der Waals surface area contributed by atoms with Crippen LogP contribution in [-0.4, -0.2) is 81.0 Å². The Hall–Kier alpha value is -6.14. The van der Waals surface area contributed by atoms with Gasteiger partial charge in [-0.2, -0.15) is 26.3 Å². The molecular weight excluding hydrogens is 666 g/mol. The van der Waals surface area contributed by atoms with Gasteiger partial charge in [0.25, 0.3) is 5.91 Å². The van der Waals surface area contributed by atoms with Gasteiger partial charge in [-0.25, -0.2) is 23.9 Å². The number of aromatic carboxylic acids is 2. The van der Waals surface area contributed by atoms with Gasteiger partial charge < -0.3 is 15.1 Å². The van der Waals surface area contributed by atoms with Crippen molar-refractivity contribution in [1.29, 1.82) is 0 Å². The number of aromatic nitrogens is 7. The van der Waals surface area contributed by atoms with Crippen LogP contribution < -0.4 is 0 Å². The number of halogens is 6. The molecule has 49 heavy (non-hydrogen) atoms. The first-order valence-electron chi connectivity index (χ1n) is 14.1. The Morgan fingerprint density at radius 2 is 1.08 bits per heavy atom. The molecule has 19 heteroatoms. The second-order valence-electron chi connectivity index (χ2n) is 10.3. The van der Waals surface area contributed by atoms with Gasteiger partial charge in [0.15, 0.2) is 0 Å². The number of rotatable bonds is 9. The summed E-state index contributed by atoms with van der Waals surface area (Å²) in [7, 11) is 0. The standard InChI is InChI=1S/C30H22F6N8O5/c1-3-42(4-2)26(45)15-9-22(24-13-43(40-38-24)16-5-7-18(27(46)47)20(11-16)29(31,32)33)37-23(10-15)25-14-44(41-39-25)17-6-8-19(28(48)49)21(12-17)30(34,35)36/h5-14H,3-4H2,1-2H3,(H,46,47)(H,48,49). The van der Waals surface area contributed by atoms with Crippen LogP contribution in [0.5, 0.6) is 0 Å². The number of hydrogen-bond donors (Lipinski definition) is 2. The molecule has 13 nitrogen and oxygen atoms in total. The zero-order chi connectivity index (χ0) is 35.8. The van der Waals surface area contributed by atoms with E-state index in [0.29, 0.717) is 25.2 Å². The summed E-state index contributed by atoms with van der Waals surface area (Å²) in [6.07, 6.45) is -7.58. The topological polar surface area (TPSA) is 169 Å². The minimum absolute atomic E-state index is 0.0113. The fourth-order valence-electron chi connectivity index (χ4n) is 4.82. The van der Waals surface area contributed by atoms with E-state index in [1.165, 1.54) is 29.4 Å². The van der Waals surface area contributed by atoms with Crippen LogP contribution in [0.2, 0.25) is 0 Å². The maximum Gasteiger partial charge on any atom is 0.417 e. The number of hydrogen-bond acceptors (Lipinski definition) is 8. The van der Waals surface area contributed by atoms with Crippen LogP contribution in [-0.2, 0) is 12.4 Å². The first-order chi connectivity index (χ1) is 23.0. The Bertz CT molecular complexity index is 1950. The van der Waals surface area contributed by atoms with Crippen molar-refractivity contribution in [3.8, 4) is 34.2 Å². The molecule has 0 aliphatic carbocycles. The van der Waals surface area contributed by atoms with E-state index in [9.17, 15) is 50.9 Å². The van der Waals surface area contributed by atoms with E-state index < -0.39 is 52.5 Å². The van der Waals surface area contributed by atoms with Gasteiger partial charge in [-0.15, -0.1) is 10.2 Å². The number of carbonyl (C=O) groups excluding carboxylic acids is 1. The Balaban J connectivity index is 1.59. The van der Waals surface area contributed by atoms with Crippen molar-refractivity contribution in [3.05, 3.63) is 88.7 Å². The van der Waals surface area contributed by atoms with Gasteiger partial charge >= 0.3 is 24.3 Å². The molecule has 0 bridgehead atoms. The van der Waals surface area contributed by atoms with Gasteiger partial charge in [0.2, 0.25) is 0 Å². The van der Waals surface area contributed by atoms with E-state index in [2.05, 4.69) is 25.6 Å². The highest BCUT2D eigenvalue weighted by molar-refractivity contribution is 5.96. The number of benzene rings is 2. The molecule has 1 amide bonds. The lowest BCUT2D eigenvalue weighted by molar-refractivity contribution is -0.138. The number of amides is 1. The summed E-state index contributed by atoms with van der Waals surface area (Å²) in [6.45, 7) is 4.15. The Morgan fingerprint density at radius 3 is 1.43 bits per heavy atom. The van der Waals surface area contributed by atoms with Gasteiger partial charge in [-0.05, 0) is 62.4 Å². The van der Waals surface area contributed by atoms with Crippen LogP contribution in [0.4, 0.5) is 26.3 Å². The fourth-order valence-corrected chi connectivity index (χ4v) is 4.82. The molecule has 254 valence electrons. The molecule has 3 heterocycles. The fraction of sp³-hybridized carbons (Fsp3) is 0.200. The summed E-state index contributed by atoms with van der Waals surface area (Å²) < 4.78 is 83.6. The molecule has 2 aromatic carbocycles. The molecule has 0 fully saturated rings. The second kappa shape index (κ2) is 12.8. The summed E-state index contributed by atoms with van der Waals surface area (Å²) in [5.74, 6) is -3.99. The van der Waals surface area contributed by atoms with Crippen molar-refractivity contribution in [3.63, 3.8) is 0 Å². The lowest BCUT2D eigenvalue weighted by atomic mass is 10.1. The summed E-state index contributed by atoms with van der Waals surface area (Å²) in [5, 5.41) is 34.0. The van der Waals surface area contributed by atoms with Crippen LogP contribution in [0.1, 0.15) is 56.0 Å². The van der Waals surface area contributed by atoms with Gasteiger partial charge in [0.1, 0.15) is 11.4 Å². The number of pyridine rings is 1. The predicted octanol–water partition coefficient (Wildman–Crippen LogP) is 5.49. The van der Waals surface area contributed by atoms with E-state index in [0.717, 1.165) is 33.6 Å². The normalized spacial score (nSPS) is 11.8. The lowest BCUT2D eigenvalue weighted by Crippen LogP contribution is -2.30. The first-order valence-corrected chi connectivity index (χ1v) is 14.1. The Labute approximate surface area is 271 Å². The molecule has 5 rings (SSSR count). The number of nitrogens with zero attached hydrogens (tertiary/aromatic N) is 8. The SMILES string of the molecule is CCN(CC)C(=O)c1cc(-c2cn(-c3ccc(C(=O)O)c(C(F)(F)F)c3)nn2)nc(-c2cn(-c3ccc(C(=O)O)c(C(F)(F)F)c3)nn2)c1. The molecule has 0 radical (unpaired) electrons. The number of carboxylic acid groups (broad SMARTS) is 2. The molecule has 0 spiro atoms. The van der Waals surface area contributed by atoms with Crippen LogP contribution in [0, 0.1) is 0 Å². The van der Waals surface area contributed by atoms with Crippen molar-refractivity contribution in [1.82, 2.24) is 39.9 Å². The highest BCUT2D eigenvalue weighted by Crippen LogP contribution is 2.35. The van der Waals surface area contributed by atoms with Gasteiger partial charge in [-0.3, -0.25) is 4.79 Å². The van der Waals surface area contributed by atoms with E-state index in [1.54, 1.807) is 13.8 Å². The summed E-state index contributed by atoms with van der Waals surface area (Å²) in [6, 6.07) is 7.65. The summed E-state index contributed by atoms with van der Waals surface area (Å²) >= 11 is 0. The van der Waals surface area contributed by atoms with Crippen molar-refractivity contribution in [2.75, 3.05) is 13.1 Å².